The van der Waals surface area contributed by atoms with Gasteiger partial charge in [0, 0.05) is 38.0 Å². The summed E-state index contributed by atoms with van der Waals surface area (Å²) in [5.74, 6) is 0.0568. The third-order valence-electron chi connectivity index (χ3n) is 6.65. The average molecular weight is 633 g/mol. The molecule has 1 aliphatic heterocycles. The summed E-state index contributed by atoms with van der Waals surface area (Å²) in [5, 5.41) is 0.327. The highest BCUT2D eigenvalue weighted by molar-refractivity contribution is 7.90. The minimum Gasteiger partial charge on any atom is -0.467 e. The number of amides is 2. The quantitative estimate of drug-likeness (QED) is 0.284. The van der Waals surface area contributed by atoms with E-state index in [0.717, 1.165) is 17.6 Å². The van der Waals surface area contributed by atoms with Crippen molar-refractivity contribution < 1.29 is 35.6 Å². The second-order valence-electron chi connectivity index (χ2n) is 9.48. The second-order valence-corrected chi connectivity index (χ2v) is 14.4. The van der Waals surface area contributed by atoms with E-state index in [-0.39, 0.29) is 54.7 Å². The van der Waals surface area contributed by atoms with Crippen LogP contribution in [0.4, 0.5) is 9.93 Å². The van der Waals surface area contributed by atoms with Crippen LogP contribution in [0.3, 0.4) is 0 Å². The number of carbonyl (C=O) groups excluding carboxylic acids is 2. The zero-order valence-corrected chi connectivity index (χ0v) is 25.2. The van der Waals surface area contributed by atoms with Crippen molar-refractivity contribution in [1.82, 2.24) is 14.2 Å². The van der Waals surface area contributed by atoms with Crippen molar-refractivity contribution in [3.05, 3.63) is 72.2 Å². The molecule has 1 aliphatic rings. The standard InChI is InChI=1S/C27H28N4O8S3/c1-3-38-27(33)29-12-14-30(15-13-29)42(36,37)21-8-6-19(7-9-21)25(32)31(18-20-5-4-16-39-20)26-28-23-11-10-22(41(2,34)35)17-24(23)40-26/h4-11,16-17H,3,12-15,18H2,1-2H3. The molecule has 0 radical (unpaired) electrons. The molecule has 2 aromatic heterocycles. The van der Waals surface area contributed by atoms with Crippen molar-refractivity contribution in [3.63, 3.8) is 0 Å². The Morgan fingerprint density at radius 1 is 1.00 bits per heavy atom. The first kappa shape index (κ1) is 29.7. The second kappa shape index (κ2) is 11.8. The Kier molecular flexibility index (Phi) is 8.37. The molecule has 3 heterocycles. The van der Waals surface area contributed by atoms with Gasteiger partial charge in [-0.1, -0.05) is 11.3 Å². The minimum absolute atomic E-state index is 0.0227. The highest BCUT2D eigenvalue weighted by Gasteiger charge is 2.31. The maximum Gasteiger partial charge on any atom is 0.409 e. The van der Waals surface area contributed by atoms with Crippen LogP contribution in [-0.2, 0) is 31.1 Å². The van der Waals surface area contributed by atoms with Crippen molar-refractivity contribution in [2.75, 3.05) is 43.9 Å². The first-order valence-electron chi connectivity index (χ1n) is 12.9. The van der Waals surface area contributed by atoms with Gasteiger partial charge in [0.15, 0.2) is 15.0 Å². The van der Waals surface area contributed by atoms with Gasteiger partial charge >= 0.3 is 6.09 Å². The largest absolute Gasteiger partial charge is 0.467 e. The first-order chi connectivity index (χ1) is 20.0. The summed E-state index contributed by atoms with van der Waals surface area (Å²) >= 11 is 1.16. The van der Waals surface area contributed by atoms with Gasteiger partial charge in [0.05, 0.1) is 39.4 Å². The summed E-state index contributed by atoms with van der Waals surface area (Å²) in [6.07, 6.45) is 2.14. The monoisotopic (exact) mass is 632 g/mol. The number of thiazole rings is 1. The summed E-state index contributed by atoms with van der Waals surface area (Å²) in [6.45, 7) is 2.67. The molecule has 1 saturated heterocycles. The number of piperazine rings is 1. The van der Waals surface area contributed by atoms with Gasteiger partial charge in [0.1, 0.15) is 5.76 Å². The van der Waals surface area contributed by atoms with E-state index >= 15 is 0 Å². The van der Waals surface area contributed by atoms with Crippen molar-refractivity contribution >= 4 is 58.5 Å². The van der Waals surface area contributed by atoms with E-state index < -0.39 is 31.9 Å². The van der Waals surface area contributed by atoms with Crippen LogP contribution in [0.25, 0.3) is 10.2 Å². The van der Waals surface area contributed by atoms with Crippen LogP contribution < -0.4 is 4.90 Å². The Labute approximate surface area is 247 Å². The van der Waals surface area contributed by atoms with Gasteiger partial charge in [-0.05, 0) is 61.5 Å². The van der Waals surface area contributed by atoms with Crippen molar-refractivity contribution in [2.45, 2.75) is 23.3 Å². The van der Waals surface area contributed by atoms with E-state index in [1.165, 1.54) is 56.8 Å². The number of furan rings is 1. The fraction of sp³-hybridized carbons (Fsp3) is 0.296. The van der Waals surface area contributed by atoms with Crippen LogP contribution >= 0.6 is 11.3 Å². The molecule has 12 nitrogen and oxygen atoms in total. The molecule has 15 heteroatoms. The Morgan fingerprint density at radius 2 is 1.69 bits per heavy atom. The van der Waals surface area contributed by atoms with E-state index in [4.69, 9.17) is 9.15 Å². The predicted octanol–water partition coefficient (Wildman–Crippen LogP) is 3.60. The lowest BCUT2D eigenvalue weighted by Gasteiger charge is -2.33. The smallest absolute Gasteiger partial charge is 0.409 e. The summed E-state index contributed by atoms with van der Waals surface area (Å²) in [6, 6.07) is 13.6. The van der Waals surface area contributed by atoms with E-state index in [1.807, 2.05) is 0 Å². The van der Waals surface area contributed by atoms with E-state index in [1.54, 1.807) is 25.1 Å². The lowest BCUT2D eigenvalue weighted by Crippen LogP contribution is -2.50. The molecule has 0 unspecified atom stereocenters. The highest BCUT2D eigenvalue weighted by atomic mass is 32.2. The molecule has 0 spiro atoms. The number of rotatable bonds is 8. The molecular weight excluding hydrogens is 605 g/mol. The molecular formula is C27H28N4O8S3. The molecule has 1 fully saturated rings. The Bertz CT molecular complexity index is 1810. The molecule has 4 aromatic rings. The maximum absolute atomic E-state index is 13.7. The van der Waals surface area contributed by atoms with Crippen molar-refractivity contribution in [1.29, 1.82) is 0 Å². The molecule has 0 bridgehead atoms. The lowest BCUT2D eigenvalue weighted by molar-refractivity contribution is 0.0933. The Morgan fingerprint density at radius 3 is 2.31 bits per heavy atom. The molecule has 42 heavy (non-hydrogen) atoms. The number of sulfonamides is 1. The minimum atomic E-state index is -3.86. The zero-order chi connectivity index (χ0) is 30.1. The number of anilines is 1. The molecule has 2 aromatic carbocycles. The number of fused-ring (bicyclic) bond motifs is 1. The number of benzene rings is 2. The maximum atomic E-state index is 13.7. The summed E-state index contributed by atoms with van der Waals surface area (Å²) in [7, 11) is -7.29. The molecule has 0 N–H and O–H groups in total. The molecule has 0 saturated carbocycles. The Hall–Kier alpha value is -3.79. The van der Waals surface area contributed by atoms with Gasteiger partial charge in [-0.15, -0.1) is 0 Å². The first-order valence-corrected chi connectivity index (χ1v) is 17.1. The predicted molar refractivity (Wildman–Crippen MR) is 156 cm³/mol. The third kappa shape index (κ3) is 6.18. The van der Waals surface area contributed by atoms with Crippen LogP contribution in [0.1, 0.15) is 23.0 Å². The third-order valence-corrected chi connectivity index (χ3v) is 10.7. The van der Waals surface area contributed by atoms with Gasteiger partial charge in [0.25, 0.3) is 5.91 Å². The molecule has 222 valence electrons. The molecule has 2 amide bonds. The average Bonchev–Trinajstić information content (AvgIpc) is 3.65. The topological polar surface area (TPSA) is 147 Å². The summed E-state index contributed by atoms with van der Waals surface area (Å²) in [5.41, 5.74) is 0.757. The van der Waals surface area contributed by atoms with Crippen molar-refractivity contribution in [3.8, 4) is 0 Å². The number of hydrogen-bond acceptors (Lipinski definition) is 10. The van der Waals surface area contributed by atoms with Gasteiger partial charge in [-0.2, -0.15) is 4.31 Å². The van der Waals surface area contributed by atoms with E-state index in [2.05, 4.69) is 4.98 Å². The van der Waals surface area contributed by atoms with Gasteiger partial charge < -0.3 is 14.1 Å². The number of aromatic nitrogens is 1. The number of nitrogens with zero attached hydrogens (tertiary/aromatic N) is 4. The van der Waals surface area contributed by atoms with Crippen LogP contribution in [0.5, 0.6) is 0 Å². The zero-order valence-electron chi connectivity index (χ0n) is 22.8. The fourth-order valence-electron chi connectivity index (χ4n) is 4.42. The Balaban J connectivity index is 1.38. The molecule has 0 atom stereocenters. The van der Waals surface area contributed by atoms with Gasteiger partial charge in [0.2, 0.25) is 10.0 Å². The van der Waals surface area contributed by atoms with E-state index in [0.29, 0.717) is 21.1 Å². The summed E-state index contributed by atoms with van der Waals surface area (Å²) in [4.78, 5) is 33.3. The highest BCUT2D eigenvalue weighted by Crippen LogP contribution is 2.32. The normalized spacial score (nSPS) is 14.7. The summed E-state index contributed by atoms with van der Waals surface area (Å²) < 4.78 is 62.9. The van der Waals surface area contributed by atoms with Crippen LogP contribution in [0, 0.1) is 0 Å². The van der Waals surface area contributed by atoms with E-state index in [9.17, 15) is 26.4 Å². The van der Waals surface area contributed by atoms with Gasteiger partial charge in [-0.3, -0.25) is 9.69 Å². The molecule has 0 aliphatic carbocycles. The SMILES string of the molecule is CCOC(=O)N1CCN(S(=O)(=O)c2ccc(C(=O)N(Cc3ccco3)c3nc4ccc(S(C)(=O)=O)cc4s3)cc2)CC1. The molecule has 5 rings (SSSR count). The number of hydrogen-bond donors (Lipinski definition) is 0. The lowest BCUT2D eigenvalue weighted by atomic mass is 10.2. The van der Waals surface area contributed by atoms with Crippen LogP contribution in [0.2, 0.25) is 0 Å². The van der Waals surface area contributed by atoms with Crippen molar-refractivity contribution in [2.24, 2.45) is 0 Å². The number of sulfone groups is 1. The van der Waals surface area contributed by atoms with Crippen LogP contribution in [0.15, 0.2) is 75.1 Å². The van der Waals surface area contributed by atoms with Gasteiger partial charge in [-0.25, -0.2) is 26.6 Å². The fourth-order valence-corrected chi connectivity index (χ4v) is 7.57. The number of ether oxygens (including phenoxy) is 1. The van der Waals surface area contributed by atoms with Crippen LogP contribution in [-0.4, -0.2) is 82.1 Å². The number of carbonyl (C=O) groups is 2.